The fraction of sp³-hybridized carbons (Fsp3) is 0.240. The van der Waals surface area contributed by atoms with Gasteiger partial charge in [-0.2, -0.15) is 4.98 Å². The summed E-state index contributed by atoms with van der Waals surface area (Å²) in [6.45, 7) is -0.304. The molecule has 0 aliphatic carbocycles. The first-order valence-electron chi connectivity index (χ1n) is 12.1. The summed E-state index contributed by atoms with van der Waals surface area (Å²) in [6.07, 6.45) is -0.947. The second-order valence-corrected chi connectivity index (χ2v) is 8.99. The highest BCUT2D eigenvalue weighted by Crippen LogP contribution is 2.32. The maximum absolute atomic E-state index is 14.2. The number of carbonyl (C=O) groups is 3. The highest BCUT2D eigenvalue weighted by molar-refractivity contribution is 5.96. The molecule has 0 spiro atoms. The summed E-state index contributed by atoms with van der Waals surface area (Å²) >= 11 is 0. The SMILES string of the molecule is Nc1nc(N)c(CCN(Cc2ccc(C(=O)N[C@@H](CCC(=O)O)C(=O)O)cc2)c2cc(F)c(F)cc2[N+](=O)[O-])c(=O)[nH]1. The van der Waals surface area contributed by atoms with Crippen LogP contribution in [0, 0.1) is 21.7 Å². The molecule has 15 nitrogen and oxygen atoms in total. The topological polar surface area (TPSA) is 248 Å². The van der Waals surface area contributed by atoms with E-state index in [1.165, 1.54) is 29.2 Å². The third-order valence-corrected chi connectivity index (χ3v) is 6.09. The van der Waals surface area contributed by atoms with E-state index in [-0.39, 0.29) is 54.5 Å². The number of aromatic nitrogens is 2. The van der Waals surface area contributed by atoms with Crippen LogP contribution < -0.4 is 27.2 Å². The molecule has 1 heterocycles. The van der Waals surface area contributed by atoms with Crippen LogP contribution in [0.5, 0.6) is 0 Å². The van der Waals surface area contributed by atoms with Crippen LogP contribution in [0.2, 0.25) is 0 Å². The number of amides is 1. The van der Waals surface area contributed by atoms with Crippen molar-refractivity contribution in [3.63, 3.8) is 0 Å². The predicted octanol–water partition coefficient (Wildman–Crippen LogP) is 1.42. The number of nitro benzene ring substituents is 1. The number of hydrogen-bond donors (Lipinski definition) is 6. The molecule has 0 aliphatic rings. The van der Waals surface area contributed by atoms with Crippen LogP contribution in [0.4, 0.5) is 31.9 Å². The van der Waals surface area contributed by atoms with Crippen molar-refractivity contribution >= 4 is 41.0 Å². The Balaban J connectivity index is 1.89. The Labute approximate surface area is 234 Å². The maximum Gasteiger partial charge on any atom is 0.326 e. The summed E-state index contributed by atoms with van der Waals surface area (Å²) in [6, 6.07) is 5.15. The zero-order chi connectivity index (χ0) is 31.1. The van der Waals surface area contributed by atoms with Gasteiger partial charge in [0, 0.05) is 31.1 Å². The first kappa shape index (κ1) is 30.9. The average Bonchev–Trinajstić information content (AvgIpc) is 2.90. The minimum Gasteiger partial charge on any atom is -0.481 e. The molecule has 0 fully saturated rings. The first-order chi connectivity index (χ1) is 19.8. The Kier molecular flexibility index (Phi) is 9.69. The number of carboxylic acid groups (broad SMARTS) is 2. The number of nitrogens with two attached hydrogens (primary N) is 2. The Morgan fingerprint density at radius 1 is 1.12 bits per heavy atom. The van der Waals surface area contributed by atoms with Crippen LogP contribution in [0.25, 0.3) is 0 Å². The monoisotopic (exact) mass is 589 g/mol. The number of aromatic amines is 1. The van der Waals surface area contributed by atoms with Gasteiger partial charge in [-0.05, 0) is 30.5 Å². The Bertz CT molecular complexity index is 1580. The second kappa shape index (κ2) is 13.2. The summed E-state index contributed by atoms with van der Waals surface area (Å²) in [7, 11) is 0. The number of rotatable bonds is 13. The second-order valence-electron chi connectivity index (χ2n) is 8.99. The minimum absolute atomic E-state index is 0.00217. The predicted molar refractivity (Wildman–Crippen MR) is 144 cm³/mol. The summed E-state index contributed by atoms with van der Waals surface area (Å²) < 4.78 is 28.1. The lowest BCUT2D eigenvalue weighted by atomic mass is 10.1. The van der Waals surface area contributed by atoms with E-state index in [4.69, 9.17) is 16.6 Å². The summed E-state index contributed by atoms with van der Waals surface area (Å²) in [5.41, 5.74) is 10.0. The third-order valence-electron chi connectivity index (χ3n) is 6.09. The Hall–Kier alpha value is -5.61. The van der Waals surface area contributed by atoms with Crippen molar-refractivity contribution < 1.29 is 38.3 Å². The highest BCUT2D eigenvalue weighted by Gasteiger charge is 2.25. The maximum atomic E-state index is 14.2. The quantitative estimate of drug-likeness (QED) is 0.122. The van der Waals surface area contributed by atoms with Crippen molar-refractivity contribution in [2.75, 3.05) is 22.9 Å². The van der Waals surface area contributed by atoms with Gasteiger partial charge in [0.15, 0.2) is 11.6 Å². The molecule has 1 amide bonds. The number of benzene rings is 2. The van der Waals surface area contributed by atoms with E-state index in [0.717, 1.165) is 0 Å². The Morgan fingerprint density at radius 3 is 2.33 bits per heavy atom. The molecule has 2 aromatic carbocycles. The molecule has 17 heteroatoms. The molecule has 0 radical (unpaired) electrons. The van der Waals surface area contributed by atoms with Crippen LogP contribution in [0.3, 0.4) is 0 Å². The molecule has 0 bridgehead atoms. The summed E-state index contributed by atoms with van der Waals surface area (Å²) in [5, 5.41) is 31.9. The van der Waals surface area contributed by atoms with Gasteiger partial charge in [0.25, 0.3) is 17.2 Å². The van der Waals surface area contributed by atoms with Gasteiger partial charge >= 0.3 is 11.9 Å². The van der Waals surface area contributed by atoms with Gasteiger partial charge in [0.05, 0.1) is 16.6 Å². The third kappa shape index (κ3) is 7.74. The van der Waals surface area contributed by atoms with Crippen molar-refractivity contribution in [2.24, 2.45) is 0 Å². The van der Waals surface area contributed by atoms with Crippen LogP contribution in [0.15, 0.2) is 41.2 Å². The van der Waals surface area contributed by atoms with E-state index in [2.05, 4.69) is 15.3 Å². The van der Waals surface area contributed by atoms with E-state index in [1.807, 2.05) is 0 Å². The van der Waals surface area contributed by atoms with Crippen LogP contribution in [-0.4, -0.2) is 55.5 Å². The Morgan fingerprint density at radius 2 is 1.76 bits per heavy atom. The fourth-order valence-electron chi connectivity index (χ4n) is 3.98. The molecule has 3 aromatic rings. The largest absolute Gasteiger partial charge is 0.481 e. The summed E-state index contributed by atoms with van der Waals surface area (Å²) in [4.78, 5) is 65.2. The van der Waals surface area contributed by atoms with E-state index >= 15 is 0 Å². The highest BCUT2D eigenvalue weighted by atomic mass is 19.2. The molecular formula is C25H25F2N7O8. The van der Waals surface area contributed by atoms with Crippen molar-refractivity contribution in [2.45, 2.75) is 31.8 Å². The van der Waals surface area contributed by atoms with Crippen molar-refractivity contribution in [3.8, 4) is 0 Å². The van der Waals surface area contributed by atoms with Crippen molar-refractivity contribution in [1.82, 2.24) is 15.3 Å². The standard InChI is InChI=1S/C25H25F2N7O8/c26-15-9-18(19(34(41)42)10-16(15)27)33(8-7-14-21(28)31-25(29)32-23(14)38)11-12-1-3-13(4-2-12)22(37)30-17(24(39)40)5-6-20(35)36/h1-4,9-10,17H,5-8,11H2,(H,30,37)(H,35,36)(H,39,40)(H5,28,29,31,32,38)/t17-/m0/s1. The van der Waals surface area contributed by atoms with Gasteiger partial charge in [-0.15, -0.1) is 0 Å². The first-order valence-corrected chi connectivity index (χ1v) is 12.1. The molecule has 42 heavy (non-hydrogen) atoms. The number of nitro groups is 1. The zero-order valence-corrected chi connectivity index (χ0v) is 21.7. The average molecular weight is 590 g/mol. The number of hydrogen-bond acceptors (Lipinski definition) is 10. The minimum atomic E-state index is -1.45. The van der Waals surface area contributed by atoms with Gasteiger partial charge in [-0.1, -0.05) is 12.1 Å². The van der Waals surface area contributed by atoms with Crippen molar-refractivity contribution in [3.05, 3.63) is 85.2 Å². The molecule has 3 rings (SSSR count). The zero-order valence-electron chi connectivity index (χ0n) is 21.7. The van der Waals surface area contributed by atoms with Gasteiger partial charge < -0.3 is 31.9 Å². The van der Waals surface area contributed by atoms with Gasteiger partial charge in [-0.3, -0.25) is 29.5 Å². The van der Waals surface area contributed by atoms with Crippen LogP contribution in [0.1, 0.15) is 34.3 Å². The number of carboxylic acids is 2. The van der Waals surface area contributed by atoms with E-state index in [1.54, 1.807) is 0 Å². The van der Waals surface area contributed by atoms with E-state index < -0.39 is 58.1 Å². The number of carbonyl (C=O) groups excluding carboxylic acids is 1. The number of nitrogens with zero attached hydrogens (tertiary/aromatic N) is 3. The molecule has 0 aliphatic heterocycles. The lowest BCUT2D eigenvalue weighted by Gasteiger charge is -2.25. The van der Waals surface area contributed by atoms with E-state index in [9.17, 15) is 43.2 Å². The van der Waals surface area contributed by atoms with Gasteiger partial charge in [-0.25, -0.2) is 13.6 Å². The van der Waals surface area contributed by atoms with E-state index in [0.29, 0.717) is 17.7 Å². The number of aliphatic carboxylic acids is 2. The molecule has 0 saturated carbocycles. The molecule has 1 atom stereocenters. The normalized spacial score (nSPS) is 11.5. The van der Waals surface area contributed by atoms with Crippen LogP contribution >= 0.6 is 0 Å². The number of anilines is 3. The molecule has 0 saturated heterocycles. The number of halogens is 2. The smallest absolute Gasteiger partial charge is 0.326 e. The van der Waals surface area contributed by atoms with Crippen molar-refractivity contribution in [1.29, 1.82) is 0 Å². The number of nitrogens with one attached hydrogen (secondary N) is 2. The lowest BCUT2D eigenvalue weighted by molar-refractivity contribution is -0.384. The number of H-pyrrole nitrogens is 1. The van der Waals surface area contributed by atoms with Gasteiger partial charge in [0.1, 0.15) is 17.5 Å². The van der Waals surface area contributed by atoms with Gasteiger partial charge in [0.2, 0.25) is 5.95 Å². The van der Waals surface area contributed by atoms with Crippen LogP contribution in [-0.2, 0) is 22.6 Å². The molecule has 1 aromatic heterocycles. The lowest BCUT2D eigenvalue weighted by Crippen LogP contribution is -2.41. The molecule has 0 unspecified atom stereocenters. The fourth-order valence-corrected chi connectivity index (χ4v) is 3.98. The molecular weight excluding hydrogens is 564 g/mol. The summed E-state index contributed by atoms with van der Waals surface area (Å²) in [5.74, 6) is -6.64. The number of nitrogen functional groups attached to an aromatic ring is 2. The molecule has 222 valence electrons. The molecule has 8 N–H and O–H groups in total.